The van der Waals surface area contributed by atoms with E-state index in [0.29, 0.717) is 0 Å². The van der Waals surface area contributed by atoms with Crippen LogP contribution in [0, 0.1) is 11.8 Å². The summed E-state index contributed by atoms with van der Waals surface area (Å²) in [5.41, 5.74) is 0. The molecule has 0 aromatic rings. The Kier molecular flexibility index (Phi) is 17.1. The Bertz CT molecular complexity index is 407. The van der Waals surface area contributed by atoms with Gasteiger partial charge in [-0.15, -0.1) is 5.92 Å². The lowest BCUT2D eigenvalue weighted by Gasteiger charge is -1.90. The van der Waals surface area contributed by atoms with Crippen molar-refractivity contribution in [3.05, 3.63) is 36.5 Å². The quantitative estimate of drug-likeness (QED) is 0.261. The van der Waals surface area contributed by atoms with Gasteiger partial charge in [-0.3, -0.25) is 4.21 Å². The van der Waals surface area contributed by atoms with Gasteiger partial charge in [-0.1, -0.05) is 62.1 Å². The maximum Gasteiger partial charge on any atom is 0.0269 e. The molecule has 0 N–H and O–H groups in total. The van der Waals surface area contributed by atoms with Gasteiger partial charge in [0, 0.05) is 35.6 Å². The highest BCUT2D eigenvalue weighted by atomic mass is 32.2. The molecule has 0 aliphatic rings. The van der Waals surface area contributed by atoms with Crippen LogP contribution in [0.2, 0.25) is 0 Å². The SMILES string of the molecule is CCCCCC=CCC=CCC=CCC#CCCCS(C)=O. The van der Waals surface area contributed by atoms with Crippen LogP contribution in [0.1, 0.15) is 64.7 Å². The van der Waals surface area contributed by atoms with Crippen LogP contribution in [0.3, 0.4) is 0 Å². The van der Waals surface area contributed by atoms with Gasteiger partial charge in [0.2, 0.25) is 0 Å². The van der Waals surface area contributed by atoms with Crippen molar-refractivity contribution in [2.45, 2.75) is 64.7 Å². The highest BCUT2D eigenvalue weighted by Crippen LogP contribution is 2.00. The lowest BCUT2D eigenvalue weighted by Crippen LogP contribution is -1.92. The van der Waals surface area contributed by atoms with Crippen molar-refractivity contribution in [1.82, 2.24) is 0 Å². The Hall–Kier alpha value is -1.07. The van der Waals surface area contributed by atoms with Gasteiger partial charge in [-0.25, -0.2) is 0 Å². The van der Waals surface area contributed by atoms with E-state index in [1.807, 2.05) is 0 Å². The summed E-state index contributed by atoms with van der Waals surface area (Å²) in [6, 6.07) is 0. The first-order valence-electron chi connectivity index (χ1n) is 8.48. The predicted molar refractivity (Wildman–Crippen MR) is 101 cm³/mol. The summed E-state index contributed by atoms with van der Waals surface area (Å²) in [6.45, 7) is 2.24. The molecule has 0 bridgehead atoms. The van der Waals surface area contributed by atoms with Crippen molar-refractivity contribution in [2.24, 2.45) is 0 Å². The van der Waals surface area contributed by atoms with E-state index in [0.717, 1.165) is 37.9 Å². The molecule has 1 nitrogen and oxygen atoms in total. The van der Waals surface area contributed by atoms with Crippen LogP contribution >= 0.6 is 0 Å². The third-order valence-corrected chi connectivity index (χ3v) is 3.96. The molecular weight excluding hydrogens is 288 g/mol. The van der Waals surface area contributed by atoms with Crippen molar-refractivity contribution < 1.29 is 4.21 Å². The average Bonchev–Trinajstić information content (AvgIpc) is 2.50. The van der Waals surface area contributed by atoms with E-state index in [2.05, 4.69) is 55.2 Å². The molecule has 0 amide bonds. The van der Waals surface area contributed by atoms with Crippen molar-refractivity contribution in [2.75, 3.05) is 12.0 Å². The smallest absolute Gasteiger partial charge is 0.0269 e. The van der Waals surface area contributed by atoms with Crippen molar-refractivity contribution in [3.63, 3.8) is 0 Å². The molecule has 2 heteroatoms. The van der Waals surface area contributed by atoms with Crippen LogP contribution in [0.5, 0.6) is 0 Å². The molecule has 1 atom stereocenters. The number of hydrogen-bond donors (Lipinski definition) is 0. The first-order chi connectivity index (χ1) is 10.8. The minimum Gasteiger partial charge on any atom is -0.260 e. The second-order valence-corrected chi connectivity index (χ2v) is 6.87. The van der Waals surface area contributed by atoms with Gasteiger partial charge < -0.3 is 0 Å². The minimum atomic E-state index is -0.678. The summed E-state index contributed by atoms with van der Waals surface area (Å²) in [6.07, 6.45) is 24.8. The normalized spacial score (nSPS) is 13.0. The number of rotatable bonds is 12. The van der Waals surface area contributed by atoms with E-state index in [4.69, 9.17) is 0 Å². The van der Waals surface area contributed by atoms with E-state index >= 15 is 0 Å². The fourth-order valence-corrected chi connectivity index (χ4v) is 2.39. The maximum absolute atomic E-state index is 10.8. The molecule has 0 aromatic heterocycles. The number of allylic oxidation sites excluding steroid dienone is 6. The second kappa shape index (κ2) is 18.0. The summed E-state index contributed by atoms with van der Waals surface area (Å²) in [4.78, 5) is 0. The summed E-state index contributed by atoms with van der Waals surface area (Å²) in [5.74, 6) is 7.01. The van der Waals surface area contributed by atoms with Gasteiger partial charge >= 0.3 is 0 Å². The van der Waals surface area contributed by atoms with Crippen molar-refractivity contribution in [1.29, 1.82) is 0 Å². The van der Waals surface area contributed by atoms with Gasteiger partial charge in [0.05, 0.1) is 0 Å². The predicted octanol–water partition coefficient (Wildman–Crippen LogP) is 5.57. The highest BCUT2D eigenvalue weighted by molar-refractivity contribution is 7.84. The van der Waals surface area contributed by atoms with Crippen LogP contribution in [-0.2, 0) is 10.8 Å². The summed E-state index contributed by atoms with van der Waals surface area (Å²) in [5, 5.41) is 0. The molecule has 124 valence electrons. The van der Waals surface area contributed by atoms with E-state index in [9.17, 15) is 4.21 Å². The van der Waals surface area contributed by atoms with Gasteiger partial charge in [-0.2, -0.15) is 0 Å². The van der Waals surface area contributed by atoms with Crippen LogP contribution in [0.15, 0.2) is 36.5 Å². The average molecular weight is 321 g/mol. The molecule has 22 heavy (non-hydrogen) atoms. The second-order valence-electron chi connectivity index (χ2n) is 5.32. The largest absolute Gasteiger partial charge is 0.260 e. The van der Waals surface area contributed by atoms with Gasteiger partial charge in [0.25, 0.3) is 0 Å². The molecular formula is C20H32OS. The van der Waals surface area contributed by atoms with Crippen LogP contribution in [0.4, 0.5) is 0 Å². The molecule has 0 aliphatic carbocycles. The summed E-state index contributed by atoms with van der Waals surface area (Å²) >= 11 is 0. The van der Waals surface area contributed by atoms with E-state index in [-0.39, 0.29) is 0 Å². The zero-order chi connectivity index (χ0) is 16.3. The van der Waals surface area contributed by atoms with E-state index in [1.165, 1.54) is 25.7 Å². The first kappa shape index (κ1) is 20.9. The molecule has 0 aliphatic heterocycles. The minimum absolute atomic E-state index is 0.678. The fraction of sp³-hybridized carbons (Fsp3) is 0.600. The molecule has 0 spiro atoms. The van der Waals surface area contributed by atoms with Crippen LogP contribution in [0.25, 0.3) is 0 Å². The summed E-state index contributed by atoms with van der Waals surface area (Å²) < 4.78 is 10.8. The van der Waals surface area contributed by atoms with Crippen molar-refractivity contribution >= 4 is 10.8 Å². The zero-order valence-electron chi connectivity index (χ0n) is 14.4. The molecule has 0 fully saturated rings. The lowest BCUT2D eigenvalue weighted by atomic mass is 10.2. The molecule has 1 unspecified atom stereocenters. The van der Waals surface area contributed by atoms with Gasteiger partial charge in [0.1, 0.15) is 0 Å². The standard InChI is InChI=1S/C20H32OS/c1-3-4-5-6-7-8-9-10-11-12-13-14-15-16-17-18-19-20-22(2)21/h7-8,10-11,13-14H,3-6,9,12,15,18-20H2,1-2H3. The molecule has 0 aromatic carbocycles. The molecule has 0 saturated heterocycles. The Balaban J connectivity index is 3.44. The van der Waals surface area contributed by atoms with E-state index < -0.39 is 10.8 Å². The monoisotopic (exact) mass is 320 g/mol. The third-order valence-electron chi connectivity index (χ3n) is 3.10. The Morgan fingerprint density at radius 3 is 2.23 bits per heavy atom. The number of unbranched alkanes of at least 4 members (excludes halogenated alkanes) is 4. The maximum atomic E-state index is 10.8. The van der Waals surface area contributed by atoms with Gasteiger partial charge in [0.15, 0.2) is 0 Å². The zero-order valence-corrected chi connectivity index (χ0v) is 15.2. The van der Waals surface area contributed by atoms with E-state index in [1.54, 1.807) is 6.26 Å². The fourth-order valence-electron chi connectivity index (χ4n) is 1.84. The van der Waals surface area contributed by atoms with Crippen LogP contribution in [-0.4, -0.2) is 16.2 Å². The molecule has 0 rings (SSSR count). The Morgan fingerprint density at radius 1 is 0.864 bits per heavy atom. The van der Waals surface area contributed by atoms with Crippen LogP contribution < -0.4 is 0 Å². The Morgan fingerprint density at radius 2 is 1.55 bits per heavy atom. The summed E-state index contributed by atoms with van der Waals surface area (Å²) in [7, 11) is -0.678. The highest BCUT2D eigenvalue weighted by Gasteiger charge is 1.87. The van der Waals surface area contributed by atoms with Crippen molar-refractivity contribution in [3.8, 4) is 11.8 Å². The topological polar surface area (TPSA) is 17.1 Å². The Labute approximate surface area is 140 Å². The third kappa shape index (κ3) is 18.9. The first-order valence-corrected chi connectivity index (χ1v) is 10.2. The number of hydrogen-bond acceptors (Lipinski definition) is 1. The van der Waals surface area contributed by atoms with Gasteiger partial charge in [-0.05, 0) is 32.1 Å². The molecule has 0 radical (unpaired) electrons. The molecule has 0 heterocycles. The lowest BCUT2D eigenvalue weighted by molar-refractivity contribution is 0.684. The molecule has 0 saturated carbocycles.